The predicted octanol–water partition coefficient (Wildman–Crippen LogP) is 3.76. The summed E-state index contributed by atoms with van der Waals surface area (Å²) in [5, 5.41) is 0. The lowest BCUT2D eigenvalue weighted by atomic mass is 10.1. The third kappa shape index (κ3) is 5.38. The fourth-order valence-corrected chi connectivity index (χ4v) is 2.62. The first-order valence-corrected chi connectivity index (χ1v) is 8.62. The molecule has 0 atom stereocenters. The number of carbonyl (C=O) groups excluding carboxylic acids is 1. The molecule has 0 bridgehead atoms. The van der Waals surface area contributed by atoms with Gasteiger partial charge in [-0.1, -0.05) is 42.5 Å². The maximum Gasteiger partial charge on any atom is 0.246 e. The van der Waals surface area contributed by atoms with E-state index in [9.17, 15) is 4.79 Å². The van der Waals surface area contributed by atoms with Gasteiger partial charge in [-0.25, -0.2) is 0 Å². The van der Waals surface area contributed by atoms with Crippen LogP contribution >= 0.6 is 0 Å². The number of hydrogen-bond acceptors (Lipinski definition) is 3. The molecule has 0 aliphatic rings. The molecule has 2 heterocycles. The molecule has 130 valence electrons. The van der Waals surface area contributed by atoms with Gasteiger partial charge < -0.3 is 4.90 Å². The van der Waals surface area contributed by atoms with Crippen molar-refractivity contribution in [3.05, 3.63) is 102 Å². The second-order valence-corrected chi connectivity index (χ2v) is 5.94. The molecule has 0 N–H and O–H groups in total. The molecule has 1 amide bonds. The van der Waals surface area contributed by atoms with E-state index in [0.29, 0.717) is 13.1 Å². The molecule has 2 aromatic heterocycles. The first-order valence-electron chi connectivity index (χ1n) is 8.62. The first-order chi connectivity index (χ1) is 12.8. The third-order valence-electron chi connectivity index (χ3n) is 4.01. The molecule has 4 heteroatoms. The van der Waals surface area contributed by atoms with Gasteiger partial charge in [0.05, 0.1) is 5.69 Å². The van der Waals surface area contributed by atoms with Crippen molar-refractivity contribution in [1.82, 2.24) is 14.9 Å². The zero-order valence-corrected chi connectivity index (χ0v) is 14.5. The minimum absolute atomic E-state index is 0.0320. The van der Waals surface area contributed by atoms with Crippen LogP contribution < -0.4 is 0 Å². The van der Waals surface area contributed by atoms with Gasteiger partial charge in [0, 0.05) is 37.8 Å². The van der Waals surface area contributed by atoms with Crippen LogP contribution in [0.25, 0.3) is 6.08 Å². The lowest BCUT2D eigenvalue weighted by Crippen LogP contribution is -2.31. The molecule has 1 aromatic carbocycles. The molecule has 0 aliphatic heterocycles. The maximum atomic E-state index is 12.7. The molecule has 0 saturated heterocycles. The van der Waals surface area contributed by atoms with Crippen molar-refractivity contribution in [2.75, 3.05) is 6.54 Å². The molecular weight excluding hydrogens is 322 g/mol. The molecule has 4 nitrogen and oxygen atoms in total. The average Bonchev–Trinajstić information content (AvgIpc) is 2.71. The van der Waals surface area contributed by atoms with E-state index in [-0.39, 0.29) is 5.91 Å². The van der Waals surface area contributed by atoms with Crippen LogP contribution in [0.15, 0.2) is 85.3 Å². The summed E-state index contributed by atoms with van der Waals surface area (Å²) in [4.78, 5) is 22.9. The van der Waals surface area contributed by atoms with Crippen molar-refractivity contribution in [2.45, 2.75) is 13.0 Å². The fourth-order valence-electron chi connectivity index (χ4n) is 2.62. The van der Waals surface area contributed by atoms with Crippen molar-refractivity contribution in [2.24, 2.45) is 0 Å². The molecule has 0 saturated carbocycles. The van der Waals surface area contributed by atoms with Gasteiger partial charge in [0.15, 0.2) is 0 Å². The largest absolute Gasteiger partial charge is 0.334 e. The summed E-state index contributed by atoms with van der Waals surface area (Å²) in [6.07, 6.45) is 9.40. The zero-order valence-electron chi connectivity index (χ0n) is 14.5. The number of carbonyl (C=O) groups is 1. The van der Waals surface area contributed by atoms with Crippen molar-refractivity contribution in [1.29, 1.82) is 0 Å². The molecule has 0 unspecified atom stereocenters. The Morgan fingerprint density at radius 2 is 1.73 bits per heavy atom. The monoisotopic (exact) mass is 343 g/mol. The SMILES string of the molecule is O=C(C=Cc1ccccn1)N(CCc1ccccc1)Cc1cccnc1. The molecule has 0 aliphatic carbocycles. The van der Waals surface area contributed by atoms with Crippen molar-refractivity contribution < 1.29 is 4.79 Å². The second kappa shape index (κ2) is 9.28. The van der Waals surface area contributed by atoms with Gasteiger partial charge in [0.1, 0.15) is 0 Å². The summed E-state index contributed by atoms with van der Waals surface area (Å²) in [6.45, 7) is 1.18. The molecule has 0 radical (unpaired) electrons. The van der Waals surface area contributed by atoms with Gasteiger partial charge >= 0.3 is 0 Å². The Hall–Kier alpha value is -3.27. The highest BCUT2D eigenvalue weighted by Gasteiger charge is 2.12. The van der Waals surface area contributed by atoms with Crippen LogP contribution in [0.3, 0.4) is 0 Å². The normalized spacial score (nSPS) is 10.8. The molecule has 3 rings (SSSR count). The Morgan fingerprint density at radius 1 is 0.923 bits per heavy atom. The van der Waals surface area contributed by atoms with Crippen LogP contribution in [0.5, 0.6) is 0 Å². The minimum Gasteiger partial charge on any atom is -0.334 e. The van der Waals surface area contributed by atoms with E-state index in [2.05, 4.69) is 22.1 Å². The first kappa shape index (κ1) is 17.5. The Bertz CT molecular complexity index is 833. The number of rotatable bonds is 7. The Morgan fingerprint density at radius 3 is 2.46 bits per heavy atom. The standard InChI is InChI=1S/C22H21N3O/c26-22(12-11-21-10-4-5-15-24-21)25(18-20-9-6-14-23-17-20)16-13-19-7-2-1-3-8-19/h1-12,14-15,17H,13,16,18H2. The van der Waals surface area contributed by atoms with Crippen molar-refractivity contribution in [3.63, 3.8) is 0 Å². The molecule has 3 aromatic rings. The Balaban J connectivity index is 1.70. The lowest BCUT2D eigenvalue weighted by molar-refractivity contribution is -0.126. The number of benzene rings is 1. The van der Waals surface area contributed by atoms with E-state index >= 15 is 0 Å². The highest BCUT2D eigenvalue weighted by molar-refractivity contribution is 5.91. The van der Waals surface area contributed by atoms with E-state index in [1.54, 1.807) is 30.7 Å². The lowest BCUT2D eigenvalue weighted by Gasteiger charge is -2.21. The van der Waals surface area contributed by atoms with E-state index in [4.69, 9.17) is 0 Å². The molecule has 0 spiro atoms. The van der Waals surface area contributed by atoms with Gasteiger partial charge in [0.2, 0.25) is 5.91 Å². The number of amides is 1. The van der Waals surface area contributed by atoms with Crippen LogP contribution in [0, 0.1) is 0 Å². The van der Waals surface area contributed by atoms with Gasteiger partial charge in [-0.05, 0) is 41.8 Å². The van der Waals surface area contributed by atoms with Crippen LogP contribution in [0.2, 0.25) is 0 Å². The summed E-state index contributed by atoms with van der Waals surface area (Å²) in [5.41, 5.74) is 3.00. The van der Waals surface area contributed by atoms with Crippen LogP contribution in [-0.2, 0) is 17.8 Å². The van der Waals surface area contributed by atoms with Gasteiger partial charge in [-0.3, -0.25) is 14.8 Å². The van der Waals surface area contributed by atoms with E-state index in [1.165, 1.54) is 5.56 Å². The van der Waals surface area contributed by atoms with Gasteiger partial charge in [0.25, 0.3) is 0 Å². The van der Waals surface area contributed by atoms with Crippen LogP contribution in [-0.4, -0.2) is 27.3 Å². The fraction of sp³-hybridized carbons (Fsp3) is 0.136. The average molecular weight is 343 g/mol. The summed E-state index contributed by atoms with van der Waals surface area (Å²) >= 11 is 0. The van der Waals surface area contributed by atoms with Crippen molar-refractivity contribution >= 4 is 12.0 Å². The maximum absolute atomic E-state index is 12.7. The highest BCUT2D eigenvalue weighted by Crippen LogP contribution is 2.08. The Labute approximate surface area is 153 Å². The molecule has 0 fully saturated rings. The van der Waals surface area contributed by atoms with Gasteiger partial charge in [-0.15, -0.1) is 0 Å². The number of nitrogens with zero attached hydrogens (tertiary/aromatic N) is 3. The minimum atomic E-state index is -0.0320. The number of pyridine rings is 2. The van der Waals surface area contributed by atoms with E-state index in [1.807, 2.05) is 53.4 Å². The van der Waals surface area contributed by atoms with Crippen molar-refractivity contribution in [3.8, 4) is 0 Å². The summed E-state index contributed by atoms with van der Waals surface area (Å²) in [6, 6.07) is 19.7. The van der Waals surface area contributed by atoms with Crippen LogP contribution in [0.4, 0.5) is 0 Å². The summed E-state index contributed by atoms with van der Waals surface area (Å²) < 4.78 is 0. The van der Waals surface area contributed by atoms with E-state index in [0.717, 1.165) is 17.7 Å². The third-order valence-corrected chi connectivity index (χ3v) is 4.01. The highest BCUT2D eigenvalue weighted by atomic mass is 16.2. The van der Waals surface area contributed by atoms with E-state index < -0.39 is 0 Å². The molecule has 26 heavy (non-hydrogen) atoms. The number of aromatic nitrogens is 2. The topological polar surface area (TPSA) is 46.1 Å². The predicted molar refractivity (Wildman–Crippen MR) is 103 cm³/mol. The number of hydrogen-bond donors (Lipinski definition) is 0. The summed E-state index contributed by atoms with van der Waals surface area (Å²) in [5.74, 6) is -0.0320. The second-order valence-electron chi connectivity index (χ2n) is 5.94. The summed E-state index contributed by atoms with van der Waals surface area (Å²) in [7, 11) is 0. The Kier molecular flexibility index (Phi) is 6.26. The van der Waals surface area contributed by atoms with Gasteiger partial charge in [-0.2, -0.15) is 0 Å². The zero-order chi connectivity index (χ0) is 18.0. The molecular formula is C22H21N3O. The smallest absolute Gasteiger partial charge is 0.246 e. The quantitative estimate of drug-likeness (QED) is 0.614. The van der Waals surface area contributed by atoms with Crippen LogP contribution in [0.1, 0.15) is 16.8 Å².